The van der Waals surface area contributed by atoms with Gasteiger partial charge in [-0.05, 0) is 30.3 Å². The summed E-state index contributed by atoms with van der Waals surface area (Å²) in [5.74, 6) is -0.843. The highest BCUT2D eigenvalue weighted by molar-refractivity contribution is 6.30. The summed E-state index contributed by atoms with van der Waals surface area (Å²) in [4.78, 5) is 33.7. The smallest absolute Gasteiger partial charge is 0.344 e. The minimum atomic E-state index is -0.740. The largest absolute Gasteiger partial charge is 0.494 e. The standard InChI is InChI=1S/C17H15ClN2O7/c1-25-15-8-12(20(23)24)4-7-14(15)19-16(21)9-27-17(22)10-26-13-5-2-11(18)3-6-13/h2-8H,9-10H2,1H3,(H,19,21). The van der Waals surface area contributed by atoms with Gasteiger partial charge < -0.3 is 19.5 Å². The maximum absolute atomic E-state index is 11.9. The lowest BCUT2D eigenvalue weighted by Gasteiger charge is -2.10. The SMILES string of the molecule is COc1cc([N+](=O)[O-])ccc1NC(=O)COC(=O)COc1ccc(Cl)cc1. The fraction of sp³-hybridized carbons (Fsp3) is 0.176. The fourth-order valence-electron chi connectivity index (χ4n) is 1.94. The first-order valence-corrected chi connectivity index (χ1v) is 7.93. The lowest BCUT2D eigenvalue weighted by atomic mass is 10.2. The Kier molecular flexibility index (Phi) is 6.95. The van der Waals surface area contributed by atoms with E-state index in [2.05, 4.69) is 5.32 Å². The number of nitrogens with one attached hydrogen (secondary N) is 1. The number of esters is 1. The first-order valence-electron chi connectivity index (χ1n) is 7.55. The molecule has 0 atom stereocenters. The maximum atomic E-state index is 11.9. The van der Waals surface area contributed by atoms with Crippen molar-refractivity contribution in [2.45, 2.75) is 0 Å². The number of methoxy groups -OCH3 is 1. The summed E-state index contributed by atoms with van der Waals surface area (Å²) in [5.41, 5.74) is 0.0252. The zero-order chi connectivity index (χ0) is 19.8. The highest BCUT2D eigenvalue weighted by Crippen LogP contribution is 2.28. The second-order valence-corrected chi connectivity index (χ2v) is 5.53. The predicted octanol–water partition coefficient (Wildman–Crippen LogP) is 2.82. The zero-order valence-corrected chi connectivity index (χ0v) is 14.9. The van der Waals surface area contributed by atoms with Gasteiger partial charge in [-0.15, -0.1) is 0 Å². The molecule has 1 amide bonds. The average Bonchev–Trinajstić information content (AvgIpc) is 2.66. The van der Waals surface area contributed by atoms with E-state index in [1.165, 1.54) is 25.3 Å². The number of hydrogen-bond donors (Lipinski definition) is 1. The van der Waals surface area contributed by atoms with E-state index in [0.717, 1.165) is 0 Å². The van der Waals surface area contributed by atoms with Crippen molar-refractivity contribution in [3.63, 3.8) is 0 Å². The molecule has 0 aliphatic heterocycles. The molecule has 1 N–H and O–H groups in total. The van der Waals surface area contributed by atoms with Gasteiger partial charge in [-0.25, -0.2) is 4.79 Å². The highest BCUT2D eigenvalue weighted by Gasteiger charge is 2.14. The molecule has 2 aromatic carbocycles. The van der Waals surface area contributed by atoms with Gasteiger partial charge in [-0.2, -0.15) is 0 Å². The third kappa shape index (κ3) is 6.15. The van der Waals surface area contributed by atoms with Gasteiger partial charge in [0.15, 0.2) is 13.2 Å². The fourth-order valence-corrected chi connectivity index (χ4v) is 2.07. The number of anilines is 1. The third-order valence-corrected chi connectivity index (χ3v) is 3.46. The van der Waals surface area contributed by atoms with Crippen LogP contribution in [0.15, 0.2) is 42.5 Å². The number of non-ortho nitro benzene ring substituents is 1. The molecule has 2 rings (SSSR count). The summed E-state index contributed by atoms with van der Waals surface area (Å²) in [5, 5.41) is 13.7. The van der Waals surface area contributed by atoms with Crippen molar-refractivity contribution in [3.05, 3.63) is 57.6 Å². The van der Waals surface area contributed by atoms with E-state index in [1.54, 1.807) is 24.3 Å². The number of amides is 1. The molecule has 27 heavy (non-hydrogen) atoms. The van der Waals surface area contributed by atoms with Crippen LogP contribution in [0.25, 0.3) is 0 Å². The van der Waals surface area contributed by atoms with Crippen molar-refractivity contribution in [3.8, 4) is 11.5 Å². The number of ether oxygens (including phenoxy) is 3. The van der Waals surface area contributed by atoms with Crippen molar-refractivity contribution in [2.75, 3.05) is 25.6 Å². The van der Waals surface area contributed by atoms with Crippen LogP contribution in [-0.4, -0.2) is 37.1 Å². The van der Waals surface area contributed by atoms with Crippen molar-refractivity contribution < 1.29 is 28.7 Å². The number of carbonyl (C=O) groups excluding carboxylic acids is 2. The summed E-state index contributed by atoms with van der Waals surface area (Å²) in [6.07, 6.45) is 0. The molecule has 0 aliphatic carbocycles. The summed E-state index contributed by atoms with van der Waals surface area (Å²) in [6, 6.07) is 10.1. The number of nitrogens with zero attached hydrogens (tertiary/aromatic N) is 1. The number of carbonyl (C=O) groups is 2. The Morgan fingerprint density at radius 2 is 1.85 bits per heavy atom. The Morgan fingerprint density at radius 1 is 1.15 bits per heavy atom. The van der Waals surface area contributed by atoms with Gasteiger partial charge in [0, 0.05) is 11.1 Å². The lowest BCUT2D eigenvalue weighted by Crippen LogP contribution is -2.23. The van der Waals surface area contributed by atoms with Crippen LogP contribution in [0.3, 0.4) is 0 Å². The van der Waals surface area contributed by atoms with Crippen molar-refractivity contribution in [2.24, 2.45) is 0 Å². The molecule has 0 heterocycles. The topological polar surface area (TPSA) is 117 Å². The molecular formula is C17H15ClN2O7. The van der Waals surface area contributed by atoms with Gasteiger partial charge in [0.25, 0.3) is 11.6 Å². The summed E-state index contributed by atoms with van der Waals surface area (Å²) >= 11 is 5.74. The molecule has 10 heteroatoms. The van der Waals surface area contributed by atoms with Crippen LogP contribution in [0.4, 0.5) is 11.4 Å². The van der Waals surface area contributed by atoms with Gasteiger partial charge in [0.1, 0.15) is 11.5 Å². The minimum Gasteiger partial charge on any atom is -0.494 e. The van der Waals surface area contributed by atoms with Crippen molar-refractivity contribution in [1.29, 1.82) is 0 Å². The zero-order valence-electron chi connectivity index (χ0n) is 14.1. The first-order chi connectivity index (χ1) is 12.9. The van der Waals surface area contributed by atoms with Crippen LogP contribution in [0.1, 0.15) is 0 Å². The minimum absolute atomic E-state index is 0.106. The Morgan fingerprint density at radius 3 is 2.48 bits per heavy atom. The van der Waals surface area contributed by atoms with E-state index < -0.39 is 23.4 Å². The second-order valence-electron chi connectivity index (χ2n) is 5.09. The molecule has 0 fully saturated rings. The maximum Gasteiger partial charge on any atom is 0.344 e. The van der Waals surface area contributed by atoms with Crippen molar-refractivity contribution >= 4 is 34.9 Å². The van der Waals surface area contributed by atoms with E-state index >= 15 is 0 Å². The van der Waals surface area contributed by atoms with E-state index in [1.807, 2.05) is 0 Å². The van der Waals surface area contributed by atoms with Crippen molar-refractivity contribution in [1.82, 2.24) is 0 Å². The van der Waals surface area contributed by atoms with E-state index in [9.17, 15) is 19.7 Å². The third-order valence-electron chi connectivity index (χ3n) is 3.20. The summed E-state index contributed by atoms with van der Waals surface area (Å²) in [6.45, 7) is -0.932. The molecule has 0 bridgehead atoms. The molecule has 0 saturated heterocycles. The van der Waals surface area contributed by atoms with Crippen LogP contribution in [-0.2, 0) is 14.3 Å². The molecule has 0 aromatic heterocycles. The highest BCUT2D eigenvalue weighted by atomic mass is 35.5. The van der Waals surface area contributed by atoms with E-state index in [0.29, 0.717) is 10.8 Å². The second kappa shape index (κ2) is 9.39. The van der Waals surface area contributed by atoms with Crippen LogP contribution in [0.2, 0.25) is 5.02 Å². The summed E-state index contributed by atoms with van der Waals surface area (Å²) < 4.78 is 15.0. The summed E-state index contributed by atoms with van der Waals surface area (Å²) in [7, 11) is 1.31. The molecule has 0 unspecified atom stereocenters. The number of nitro benzene ring substituents is 1. The number of rotatable bonds is 8. The normalized spacial score (nSPS) is 10.0. The lowest BCUT2D eigenvalue weighted by molar-refractivity contribution is -0.384. The quantitative estimate of drug-likeness (QED) is 0.415. The van der Waals surface area contributed by atoms with Crippen LogP contribution in [0.5, 0.6) is 11.5 Å². The number of hydrogen-bond acceptors (Lipinski definition) is 7. The van der Waals surface area contributed by atoms with Crippen LogP contribution >= 0.6 is 11.6 Å². The van der Waals surface area contributed by atoms with Gasteiger partial charge in [0.2, 0.25) is 0 Å². The van der Waals surface area contributed by atoms with Gasteiger partial charge in [-0.1, -0.05) is 11.6 Å². The average molecular weight is 395 g/mol. The van der Waals surface area contributed by atoms with Gasteiger partial charge >= 0.3 is 5.97 Å². The van der Waals surface area contributed by atoms with Gasteiger partial charge in [0.05, 0.1) is 23.8 Å². The van der Waals surface area contributed by atoms with Crippen LogP contribution < -0.4 is 14.8 Å². The molecule has 142 valence electrons. The number of halogens is 1. The van der Waals surface area contributed by atoms with Crippen LogP contribution in [0, 0.1) is 10.1 Å². The molecule has 0 aliphatic rings. The molecule has 0 radical (unpaired) electrons. The first kappa shape index (κ1) is 20.0. The molecule has 9 nitrogen and oxygen atoms in total. The number of nitro groups is 1. The molecular weight excluding hydrogens is 380 g/mol. The van der Waals surface area contributed by atoms with Gasteiger partial charge in [-0.3, -0.25) is 14.9 Å². The monoisotopic (exact) mass is 394 g/mol. The Balaban J connectivity index is 1.82. The molecule has 0 saturated carbocycles. The Labute approximate surface area is 158 Å². The predicted molar refractivity (Wildman–Crippen MR) is 96.2 cm³/mol. The molecule has 0 spiro atoms. The Bertz CT molecular complexity index is 840. The number of benzene rings is 2. The molecule has 2 aromatic rings. The van der Waals surface area contributed by atoms with E-state index in [4.69, 9.17) is 25.8 Å². The Hall–Kier alpha value is -3.33. The van der Waals surface area contributed by atoms with E-state index in [-0.39, 0.29) is 23.7 Å².